The van der Waals surface area contributed by atoms with E-state index in [1.807, 2.05) is 0 Å². The number of nitrogens with one attached hydrogen (secondary N) is 1. The molecule has 2 radical (unpaired) electrons. The molecule has 0 aromatic carbocycles. The van der Waals surface area contributed by atoms with Crippen LogP contribution in [0.25, 0.3) is 0 Å². The summed E-state index contributed by atoms with van der Waals surface area (Å²) in [5, 5.41) is 3.32. The maximum atomic E-state index is 3.32. The molecule has 1 heterocycles. The van der Waals surface area contributed by atoms with Crippen LogP contribution in [0.4, 0.5) is 0 Å². The Morgan fingerprint density at radius 3 is 2.30 bits per heavy atom. The Balaban J connectivity index is 0.000000236. The van der Waals surface area contributed by atoms with Gasteiger partial charge in [-0.2, -0.15) is 0 Å². The molecule has 1 nitrogen and oxygen atoms in total. The fraction of sp³-hybridized carbons (Fsp3) is 1.00. The van der Waals surface area contributed by atoms with Gasteiger partial charge in [-0.05, 0) is 25.4 Å². The summed E-state index contributed by atoms with van der Waals surface area (Å²) in [4.78, 5) is 0. The maximum absolute atomic E-state index is 3.32. The van der Waals surface area contributed by atoms with Gasteiger partial charge in [-0.25, -0.2) is 0 Å². The molecule has 1 aliphatic rings. The summed E-state index contributed by atoms with van der Waals surface area (Å²) >= 11 is 7.41. The second-order valence-corrected chi connectivity index (χ2v) is 31.1. The fourth-order valence-electron chi connectivity index (χ4n) is 0.846. The van der Waals surface area contributed by atoms with Crippen molar-refractivity contribution >= 4 is 73.8 Å². The van der Waals surface area contributed by atoms with Gasteiger partial charge in [0, 0.05) is 4.43 Å². The molecule has 1 rings (SSSR count). The van der Waals surface area contributed by atoms with Gasteiger partial charge < -0.3 is 5.32 Å². The van der Waals surface area contributed by atoms with Crippen LogP contribution < -0.4 is 5.32 Å². The number of rotatable bonds is 1. The minimum absolute atomic E-state index is 0.0233. The quantitative estimate of drug-likeness (QED) is 0.257. The van der Waals surface area contributed by atoms with Crippen molar-refractivity contribution < 1.29 is 0 Å². The van der Waals surface area contributed by atoms with E-state index in [2.05, 4.69) is 63.4 Å². The van der Waals surface area contributed by atoms with Crippen LogP contribution in [0.2, 0.25) is 0 Å². The molecule has 0 unspecified atom stereocenters. The van der Waals surface area contributed by atoms with E-state index < -0.39 is 0 Å². The van der Waals surface area contributed by atoms with Crippen molar-refractivity contribution in [1.29, 1.82) is 0 Å². The van der Waals surface area contributed by atoms with E-state index in [0.717, 1.165) is 5.92 Å². The molecular formula is C5H10I3NPb. The van der Waals surface area contributed by atoms with Crippen molar-refractivity contribution in [3.05, 3.63) is 0 Å². The molecule has 1 fully saturated rings. The summed E-state index contributed by atoms with van der Waals surface area (Å²) < 4.78 is 1.32. The molecule has 5 heteroatoms. The molecule has 0 aromatic heterocycles. The molecular weight excluding hydrogens is 662 g/mol. The Bertz CT molecular complexity index is 67.9. The predicted molar refractivity (Wildman–Crippen MR) is 73.7 cm³/mol. The van der Waals surface area contributed by atoms with Crippen LogP contribution >= 0.6 is 58.1 Å². The second kappa shape index (κ2) is 10.2. The first-order valence-electron chi connectivity index (χ1n) is 3.08. The number of alkyl halides is 1. The third kappa shape index (κ3) is 7.71. The van der Waals surface area contributed by atoms with Crippen molar-refractivity contribution in [3.63, 3.8) is 0 Å². The van der Waals surface area contributed by atoms with Crippen LogP contribution in [-0.2, 0) is 0 Å². The molecule has 1 aliphatic heterocycles. The Morgan fingerprint density at radius 2 is 2.10 bits per heavy atom. The zero-order chi connectivity index (χ0) is 7.82. The van der Waals surface area contributed by atoms with Gasteiger partial charge in [0.1, 0.15) is 0 Å². The van der Waals surface area contributed by atoms with E-state index in [9.17, 15) is 0 Å². The fourth-order valence-corrected chi connectivity index (χ4v) is 1.60. The van der Waals surface area contributed by atoms with Crippen molar-refractivity contribution in [3.8, 4) is 0 Å². The molecule has 0 aliphatic carbocycles. The van der Waals surface area contributed by atoms with Gasteiger partial charge in [-0.1, -0.05) is 22.6 Å². The van der Waals surface area contributed by atoms with Crippen LogP contribution in [0.1, 0.15) is 6.42 Å². The van der Waals surface area contributed by atoms with Crippen LogP contribution in [0, 0.1) is 5.92 Å². The van der Waals surface area contributed by atoms with E-state index in [1.54, 1.807) is 0 Å². The molecule has 0 bridgehead atoms. The van der Waals surface area contributed by atoms with Gasteiger partial charge in [0.25, 0.3) is 0 Å². The molecule has 0 aromatic rings. The summed E-state index contributed by atoms with van der Waals surface area (Å²) in [7, 11) is 0. The second-order valence-electron chi connectivity index (χ2n) is 2.08. The number of hydrogen-bond acceptors (Lipinski definition) is 1. The van der Waals surface area contributed by atoms with Crippen LogP contribution in [-0.4, -0.2) is 33.2 Å². The normalized spacial score (nSPS) is 23.7. The molecule has 0 amide bonds. The molecule has 1 saturated heterocycles. The molecule has 60 valence electrons. The Hall–Kier alpha value is 3.07. The van der Waals surface area contributed by atoms with Crippen LogP contribution in [0.3, 0.4) is 0 Å². The standard InChI is InChI=1S/C5H10IN.2HI.Pb/c6-3-5-1-2-7-4-5;;;/h5,7H,1-4H2;2*1H;/q;;;+2/p-2/t5-;;;/m0.../s1. The first kappa shape index (κ1) is 13.1. The number of halogens is 3. The monoisotopic (exact) mass is 673 g/mol. The zero-order valence-electron chi connectivity index (χ0n) is 5.54. The van der Waals surface area contributed by atoms with Gasteiger partial charge in [-0.3, -0.25) is 0 Å². The van der Waals surface area contributed by atoms with Gasteiger partial charge in [-0.15, -0.1) is 0 Å². The van der Waals surface area contributed by atoms with Gasteiger partial charge in [0.05, 0.1) is 0 Å². The molecule has 1 N–H and O–H groups in total. The Morgan fingerprint density at radius 1 is 1.50 bits per heavy atom. The summed E-state index contributed by atoms with van der Waals surface area (Å²) in [5.74, 6) is 0.973. The first-order valence-corrected chi connectivity index (χ1v) is 26.5. The van der Waals surface area contributed by atoms with Gasteiger partial charge >= 0.3 is 51.2 Å². The summed E-state index contributed by atoms with van der Waals surface area (Å²) in [5.41, 5.74) is 0. The predicted octanol–water partition coefficient (Wildman–Crippen LogP) is 2.42. The number of hydrogen-bond donors (Lipinski definition) is 1. The topological polar surface area (TPSA) is 12.0 Å². The summed E-state index contributed by atoms with van der Waals surface area (Å²) in [6.07, 6.45) is 1.39. The third-order valence-corrected chi connectivity index (χ3v) is 2.63. The molecule has 1 atom stereocenters. The SMILES string of the molecule is IC[C@@H]1CCNC1.[I][Pb][I]. The van der Waals surface area contributed by atoms with E-state index in [1.165, 1.54) is 23.9 Å². The first-order chi connectivity index (χ1) is 4.85. The Labute approximate surface area is 106 Å². The van der Waals surface area contributed by atoms with Crippen LogP contribution in [0.15, 0.2) is 0 Å². The van der Waals surface area contributed by atoms with Crippen molar-refractivity contribution in [2.24, 2.45) is 5.92 Å². The molecule has 0 saturated carbocycles. The average Bonchev–Trinajstić information content (AvgIpc) is 2.39. The third-order valence-electron chi connectivity index (χ3n) is 1.38. The van der Waals surface area contributed by atoms with Gasteiger partial charge in [0.2, 0.25) is 0 Å². The summed E-state index contributed by atoms with van der Waals surface area (Å²) in [6, 6.07) is 0. The molecule has 10 heavy (non-hydrogen) atoms. The van der Waals surface area contributed by atoms with Crippen molar-refractivity contribution in [2.75, 3.05) is 17.5 Å². The van der Waals surface area contributed by atoms with Crippen LogP contribution in [0.5, 0.6) is 0 Å². The van der Waals surface area contributed by atoms with Gasteiger partial charge in [0.15, 0.2) is 0 Å². The molecule has 0 spiro atoms. The Kier molecular flexibility index (Phi) is 13.3. The van der Waals surface area contributed by atoms with E-state index >= 15 is 0 Å². The van der Waals surface area contributed by atoms with Crippen molar-refractivity contribution in [1.82, 2.24) is 5.32 Å². The van der Waals surface area contributed by atoms with E-state index in [0.29, 0.717) is 0 Å². The van der Waals surface area contributed by atoms with E-state index in [4.69, 9.17) is 0 Å². The average molecular weight is 672 g/mol. The summed E-state index contributed by atoms with van der Waals surface area (Å²) in [6.45, 7) is 2.50. The minimum atomic E-state index is 0.0233. The zero-order valence-corrected chi connectivity index (χ0v) is 15.9. The van der Waals surface area contributed by atoms with Crippen molar-refractivity contribution in [2.45, 2.75) is 6.42 Å². The van der Waals surface area contributed by atoms with E-state index in [-0.39, 0.29) is 15.6 Å².